The second kappa shape index (κ2) is 6.02. The van der Waals surface area contributed by atoms with Gasteiger partial charge in [-0.15, -0.1) is 0 Å². The molecule has 1 rings (SSSR count). The topological polar surface area (TPSA) is 43.4 Å². The molecule has 1 fully saturated rings. The normalized spacial score (nSPS) is 25.5. The molecule has 0 bridgehead atoms. The van der Waals surface area contributed by atoms with Crippen molar-refractivity contribution < 1.29 is 14.3 Å². The van der Waals surface area contributed by atoms with E-state index in [-0.39, 0.29) is 11.4 Å². The summed E-state index contributed by atoms with van der Waals surface area (Å²) in [6.45, 7) is 4.15. The van der Waals surface area contributed by atoms with E-state index in [0.29, 0.717) is 12.4 Å². The van der Waals surface area contributed by atoms with E-state index < -0.39 is 0 Å². The van der Waals surface area contributed by atoms with E-state index in [9.17, 15) is 9.59 Å². The van der Waals surface area contributed by atoms with Crippen LogP contribution in [-0.2, 0) is 14.3 Å². The lowest BCUT2D eigenvalue weighted by Gasteiger charge is -2.32. The van der Waals surface area contributed by atoms with E-state index in [0.717, 1.165) is 44.9 Å². The van der Waals surface area contributed by atoms with Gasteiger partial charge >= 0.3 is 5.97 Å². The van der Waals surface area contributed by atoms with Crippen LogP contribution in [0.3, 0.4) is 0 Å². The highest BCUT2D eigenvalue weighted by Crippen LogP contribution is 2.38. The van der Waals surface area contributed by atoms with Crippen molar-refractivity contribution in [2.45, 2.75) is 58.8 Å². The van der Waals surface area contributed by atoms with Crippen molar-refractivity contribution in [3.8, 4) is 0 Å². The number of rotatable bonds is 5. The van der Waals surface area contributed by atoms with E-state index in [4.69, 9.17) is 4.74 Å². The van der Waals surface area contributed by atoms with Gasteiger partial charge in [-0.1, -0.05) is 6.92 Å². The Morgan fingerprint density at radius 3 is 2.81 bits per heavy atom. The molecule has 1 aliphatic carbocycles. The summed E-state index contributed by atoms with van der Waals surface area (Å²) in [4.78, 5) is 21.9. The number of Topliss-reactive ketones (excluding diaryl/α,β-unsaturated/α-hetero) is 1. The lowest BCUT2D eigenvalue weighted by Crippen LogP contribution is -2.25. The summed E-state index contributed by atoms with van der Waals surface area (Å²) in [6, 6.07) is 0. The number of unbranched alkanes of at least 4 members (excludes halogenated alkanes) is 1. The van der Waals surface area contributed by atoms with Crippen LogP contribution in [-0.4, -0.2) is 18.4 Å². The number of hydrogen-bond donors (Lipinski definition) is 0. The fourth-order valence-electron chi connectivity index (χ4n) is 2.45. The van der Waals surface area contributed by atoms with Crippen LogP contribution in [0.4, 0.5) is 0 Å². The maximum atomic E-state index is 11.4. The Balaban J connectivity index is 2.15. The smallest absolute Gasteiger partial charge is 0.302 e. The second-order valence-corrected chi connectivity index (χ2v) is 5.18. The summed E-state index contributed by atoms with van der Waals surface area (Å²) in [5, 5.41) is 0. The number of ketones is 1. The Morgan fingerprint density at radius 2 is 2.19 bits per heavy atom. The first-order valence-corrected chi connectivity index (χ1v) is 6.17. The van der Waals surface area contributed by atoms with Gasteiger partial charge in [-0.3, -0.25) is 9.59 Å². The van der Waals surface area contributed by atoms with Gasteiger partial charge < -0.3 is 4.74 Å². The molecule has 1 aliphatic rings. The Morgan fingerprint density at radius 1 is 1.44 bits per heavy atom. The third-order valence-corrected chi connectivity index (χ3v) is 3.34. The molecule has 0 aromatic rings. The third kappa shape index (κ3) is 4.77. The highest BCUT2D eigenvalue weighted by molar-refractivity contribution is 5.79. The first-order valence-electron chi connectivity index (χ1n) is 6.17. The largest absolute Gasteiger partial charge is 0.466 e. The molecule has 0 N–H and O–H groups in total. The van der Waals surface area contributed by atoms with Crippen LogP contribution in [0.25, 0.3) is 0 Å². The number of esters is 1. The molecular formula is C13H22O3. The summed E-state index contributed by atoms with van der Waals surface area (Å²) in [5.41, 5.74) is 0.200. The minimum Gasteiger partial charge on any atom is -0.466 e. The molecule has 0 amide bonds. The SMILES string of the molecule is CC(=O)OCCCC[C@@]1(C)CCCC(=O)C1. The molecular weight excluding hydrogens is 204 g/mol. The first kappa shape index (κ1) is 13.2. The number of carbonyl (C=O) groups is 2. The zero-order valence-electron chi connectivity index (χ0n) is 10.4. The molecule has 0 aromatic heterocycles. The van der Waals surface area contributed by atoms with Crippen molar-refractivity contribution in [2.75, 3.05) is 6.61 Å². The van der Waals surface area contributed by atoms with Crippen molar-refractivity contribution in [3.05, 3.63) is 0 Å². The van der Waals surface area contributed by atoms with E-state index in [1.54, 1.807) is 0 Å². The van der Waals surface area contributed by atoms with Gasteiger partial charge in [-0.25, -0.2) is 0 Å². The Labute approximate surface area is 97.5 Å². The molecule has 0 aromatic carbocycles. The summed E-state index contributed by atoms with van der Waals surface area (Å²) in [6.07, 6.45) is 6.72. The molecule has 3 heteroatoms. The van der Waals surface area contributed by atoms with Crippen molar-refractivity contribution in [1.29, 1.82) is 0 Å². The van der Waals surface area contributed by atoms with E-state index in [1.807, 2.05) is 0 Å². The molecule has 1 atom stereocenters. The zero-order valence-corrected chi connectivity index (χ0v) is 10.4. The Hall–Kier alpha value is -0.860. The molecule has 16 heavy (non-hydrogen) atoms. The molecule has 92 valence electrons. The van der Waals surface area contributed by atoms with Crippen LogP contribution in [0.2, 0.25) is 0 Å². The standard InChI is InChI=1S/C13H22O3/c1-11(14)16-9-4-3-7-13(2)8-5-6-12(15)10-13/h3-10H2,1-2H3/t13-/m0/s1. The summed E-state index contributed by atoms with van der Waals surface area (Å²) in [5.74, 6) is 0.202. The van der Waals surface area contributed by atoms with Crippen molar-refractivity contribution in [1.82, 2.24) is 0 Å². The third-order valence-electron chi connectivity index (χ3n) is 3.34. The van der Waals surface area contributed by atoms with Gasteiger partial charge in [0.05, 0.1) is 6.61 Å². The number of carbonyl (C=O) groups excluding carboxylic acids is 2. The predicted octanol–water partition coefficient (Wildman–Crippen LogP) is 2.87. The molecule has 0 heterocycles. The average molecular weight is 226 g/mol. The molecule has 0 aliphatic heterocycles. The molecule has 3 nitrogen and oxygen atoms in total. The molecule has 0 saturated heterocycles. The maximum Gasteiger partial charge on any atom is 0.302 e. The van der Waals surface area contributed by atoms with Gasteiger partial charge in [0.15, 0.2) is 0 Å². The highest BCUT2D eigenvalue weighted by atomic mass is 16.5. The number of ether oxygens (including phenoxy) is 1. The lowest BCUT2D eigenvalue weighted by molar-refractivity contribution is -0.141. The molecule has 0 unspecified atom stereocenters. The van der Waals surface area contributed by atoms with Gasteiger partial charge in [-0.05, 0) is 37.5 Å². The van der Waals surface area contributed by atoms with Crippen LogP contribution in [0.5, 0.6) is 0 Å². The van der Waals surface area contributed by atoms with Crippen molar-refractivity contribution in [3.63, 3.8) is 0 Å². The Bertz CT molecular complexity index is 260. The van der Waals surface area contributed by atoms with Gasteiger partial charge in [0.25, 0.3) is 0 Å². The Kier molecular flexibility index (Phi) is 4.97. The maximum absolute atomic E-state index is 11.4. The number of hydrogen-bond acceptors (Lipinski definition) is 3. The monoisotopic (exact) mass is 226 g/mol. The van der Waals surface area contributed by atoms with Crippen LogP contribution >= 0.6 is 0 Å². The highest BCUT2D eigenvalue weighted by Gasteiger charge is 2.30. The van der Waals surface area contributed by atoms with Crippen molar-refractivity contribution in [2.24, 2.45) is 5.41 Å². The average Bonchev–Trinajstić information content (AvgIpc) is 2.16. The van der Waals surface area contributed by atoms with E-state index in [2.05, 4.69) is 6.92 Å². The quantitative estimate of drug-likeness (QED) is 0.535. The van der Waals surface area contributed by atoms with Crippen LogP contribution in [0.1, 0.15) is 58.8 Å². The minimum atomic E-state index is -0.209. The summed E-state index contributed by atoms with van der Waals surface area (Å²) >= 11 is 0. The van der Waals surface area contributed by atoms with Crippen LogP contribution in [0.15, 0.2) is 0 Å². The van der Waals surface area contributed by atoms with Crippen LogP contribution < -0.4 is 0 Å². The zero-order chi connectivity index (χ0) is 12.0. The first-order chi connectivity index (χ1) is 7.52. The molecule has 0 radical (unpaired) electrons. The lowest BCUT2D eigenvalue weighted by atomic mass is 9.72. The van der Waals surface area contributed by atoms with Gasteiger partial charge in [0.1, 0.15) is 5.78 Å². The van der Waals surface area contributed by atoms with E-state index >= 15 is 0 Å². The van der Waals surface area contributed by atoms with Gasteiger partial charge in [0.2, 0.25) is 0 Å². The van der Waals surface area contributed by atoms with Gasteiger partial charge in [-0.2, -0.15) is 0 Å². The minimum absolute atomic E-state index is 0.200. The fourth-order valence-corrected chi connectivity index (χ4v) is 2.45. The summed E-state index contributed by atoms with van der Waals surface area (Å²) in [7, 11) is 0. The van der Waals surface area contributed by atoms with E-state index in [1.165, 1.54) is 6.92 Å². The summed E-state index contributed by atoms with van der Waals surface area (Å²) < 4.78 is 4.88. The van der Waals surface area contributed by atoms with Crippen molar-refractivity contribution >= 4 is 11.8 Å². The fraction of sp³-hybridized carbons (Fsp3) is 0.846. The predicted molar refractivity (Wildman–Crippen MR) is 62.1 cm³/mol. The second-order valence-electron chi connectivity index (χ2n) is 5.18. The van der Waals surface area contributed by atoms with Gasteiger partial charge in [0, 0.05) is 19.8 Å². The van der Waals surface area contributed by atoms with Crippen LogP contribution in [0, 0.1) is 5.41 Å². The molecule has 0 spiro atoms. The molecule has 1 saturated carbocycles.